The summed E-state index contributed by atoms with van der Waals surface area (Å²) in [6, 6.07) is 65.9. The van der Waals surface area contributed by atoms with Crippen LogP contribution in [0.25, 0.3) is 64.3 Å². The molecule has 2 unspecified atom stereocenters. The molecule has 0 radical (unpaired) electrons. The molecular formula is C52H35NOS. The van der Waals surface area contributed by atoms with E-state index in [1.807, 2.05) is 11.3 Å². The third-order valence-electron chi connectivity index (χ3n) is 11.2. The van der Waals surface area contributed by atoms with Crippen molar-refractivity contribution in [3.05, 3.63) is 211 Å². The van der Waals surface area contributed by atoms with E-state index in [0.717, 1.165) is 22.8 Å². The number of fused-ring (bicyclic) bond motifs is 7. The van der Waals surface area contributed by atoms with E-state index in [1.165, 1.54) is 69.9 Å². The number of ether oxygens (including phenoxy) is 1. The SMILES string of the molecule is C1=CC2c3ccccc3OC2C(N(c2ccc(-c3ccc4cccc(-c5ccccc5)c4c3)cc2)c2ccc(-c3ccccc3)c3sc4ccccc4c23)=C1. The second-order valence-electron chi connectivity index (χ2n) is 14.4. The highest BCUT2D eigenvalue weighted by Gasteiger charge is 2.39. The first-order chi connectivity index (χ1) is 27.3. The lowest BCUT2D eigenvalue weighted by atomic mass is 9.89. The first kappa shape index (κ1) is 31.8. The molecular weight excluding hydrogens is 687 g/mol. The van der Waals surface area contributed by atoms with Crippen molar-refractivity contribution in [3.63, 3.8) is 0 Å². The van der Waals surface area contributed by atoms with Crippen molar-refractivity contribution in [2.24, 2.45) is 0 Å². The molecule has 11 rings (SSSR count). The number of para-hydroxylation sites is 1. The van der Waals surface area contributed by atoms with Crippen LogP contribution in [0.2, 0.25) is 0 Å². The second-order valence-corrected chi connectivity index (χ2v) is 15.4. The van der Waals surface area contributed by atoms with Crippen LogP contribution in [0.15, 0.2) is 206 Å². The summed E-state index contributed by atoms with van der Waals surface area (Å²) in [6.45, 7) is 0. The summed E-state index contributed by atoms with van der Waals surface area (Å²) in [4.78, 5) is 2.46. The predicted molar refractivity (Wildman–Crippen MR) is 233 cm³/mol. The van der Waals surface area contributed by atoms with Crippen LogP contribution in [0.3, 0.4) is 0 Å². The summed E-state index contributed by atoms with van der Waals surface area (Å²) in [5, 5.41) is 5.02. The van der Waals surface area contributed by atoms with Gasteiger partial charge in [-0.2, -0.15) is 0 Å². The Bertz CT molecular complexity index is 2960. The Hall–Kier alpha value is -6.68. The topological polar surface area (TPSA) is 12.5 Å². The normalized spacial score (nSPS) is 15.8. The van der Waals surface area contributed by atoms with Gasteiger partial charge in [-0.3, -0.25) is 0 Å². The van der Waals surface area contributed by atoms with E-state index in [-0.39, 0.29) is 12.0 Å². The van der Waals surface area contributed by atoms with Crippen LogP contribution in [0.5, 0.6) is 5.75 Å². The zero-order chi connectivity index (χ0) is 36.3. The number of benzene rings is 8. The molecule has 1 aromatic heterocycles. The van der Waals surface area contributed by atoms with Crippen LogP contribution in [0, 0.1) is 0 Å². The molecule has 55 heavy (non-hydrogen) atoms. The highest BCUT2D eigenvalue weighted by molar-refractivity contribution is 7.26. The number of allylic oxidation sites excluding steroid dienone is 2. The highest BCUT2D eigenvalue weighted by Crippen LogP contribution is 2.51. The molecule has 3 heteroatoms. The number of hydrogen-bond donors (Lipinski definition) is 0. The number of anilines is 2. The first-order valence-corrected chi connectivity index (χ1v) is 19.7. The standard InChI is InChI=1S/C52H35NOS/c1-3-13-35(14-4-1)40-20-11-17-37-25-26-38(33-45(37)40)34-27-29-39(30-28-34)53(47-22-12-21-43-42-18-7-9-23-48(42)54-51(43)47)46-32-31-41(36-15-5-2-6-16-36)52-50(46)44-19-8-10-24-49(44)55-52/h1-33,43,51H. The van der Waals surface area contributed by atoms with Gasteiger partial charge in [-0.1, -0.05) is 158 Å². The van der Waals surface area contributed by atoms with Crippen LogP contribution in [-0.2, 0) is 0 Å². The fraction of sp³-hybridized carbons (Fsp3) is 0.0385. The van der Waals surface area contributed by atoms with Crippen molar-refractivity contribution >= 4 is 53.7 Å². The van der Waals surface area contributed by atoms with Crippen molar-refractivity contribution in [1.82, 2.24) is 0 Å². The molecule has 2 heterocycles. The molecule has 0 spiro atoms. The van der Waals surface area contributed by atoms with Gasteiger partial charge in [0.15, 0.2) is 0 Å². The molecule has 0 amide bonds. The fourth-order valence-electron chi connectivity index (χ4n) is 8.65. The van der Waals surface area contributed by atoms with Crippen LogP contribution < -0.4 is 9.64 Å². The second kappa shape index (κ2) is 13.0. The minimum Gasteiger partial charge on any atom is -0.483 e. The molecule has 1 aliphatic carbocycles. The molecule has 1 aliphatic heterocycles. The molecule has 0 fully saturated rings. The van der Waals surface area contributed by atoms with Gasteiger partial charge in [-0.15, -0.1) is 11.3 Å². The molecule has 9 aromatic rings. The van der Waals surface area contributed by atoms with E-state index in [0.29, 0.717) is 0 Å². The van der Waals surface area contributed by atoms with Gasteiger partial charge in [0.25, 0.3) is 0 Å². The molecule has 0 bridgehead atoms. The Kier molecular flexibility index (Phi) is 7.53. The number of hydrogen-bond acceptors (Lipinski definition) is 3. The third kappa shape index (κ3) is 5.31. The van der Waals surface area contributed by atoms with Crippen molar-refractivity contribution in [3.8, 4) is 39.1 Å². The van der Waals surface area contributed by atoms with Crippen LogP contribution in [0.4, 0.5) is 11.4 Å². The summed E-state index contributed by atoms with van der Waals surface area (Å²) in [6.07, 6.45) is 6.59. The maximum atomic E-state index is 6.84. The smallest absolute Gasteiger partial charge is 0.149 e. The maximum Gasteiger partial charge on any atom is 0.149 e. The summed E-state index contributed by atoms with van der Waals surface area (Å²) in [5.74, 6) is 1.09. The zero-order valence-electron chi connectivity index (χ0n) is 30.0. The summed E-state index contributed by atoms with van der Waals surface area (Å²) in [7, 11) is 0. The monoisotopic (exact) mass is 721 g/mol. The van der Waals surface area contributed by atoms with E-state index >= 15 is 0 Å². The average molecular weight is 722 g/mol. The van der Waals surface area contributed by atoms with E-state index in [2.05, 4.69) is 205 Å². The Morgan fingerprint density at radius 1 is 0.527 bits per heavy atom. The maximum absolute atomic E-state index is 6.84. The first-order valence-electron chi connectivity index (χ1n) is 18.9. The highest BCUT2D eigenvalue weighted by atomic mass is 32.1. The molecule has 2 aliphatic rings. The Morgan fingerprint density at radius 2 is 1.25 bits per heavy atom. The van der Waals surface area contributed by atoms with Gasteiger partial charge in [0, 0.05) is 37.3 Å². The van der Waals surface area contributed by atoms with Gasteiger partial charge in [0.1, 0.15) is 11.9 Å². The van der Waals surface area contributed by atoms with Gasteiger partial charge in [0.2, 0.25) is 0 Å². The number of nitrogens with zero attached hydrogens (tertiary/aromatic N) is 1. The molecule has 2 nitrogen and oxygen atoms in total. The van der Waals surface area contributed by atoms with Crippen molar-refractivity contribution < 1.29 is 4.74 Å². The molecule has 0 saturated carbocycles. The molecule has 0 saturated heterocycles. The van der Waals surface area contributed by atoms with Gasteiger partial charge in [0.05, 0.1) is 11.4 Å². The van der Waals surface area contributed by atoms with Gasteiger partial charge in [-0.05, 0) is 86.6 Å². The van der Waals surface area contributed by atoms with Crippen LogP contribution in [-0.4, -0.2) is 6.10 Å². The zero-order valence-corrected chi connectivity index (χ0v) is 30.8. The fourth-order valence-corrected chi connectivity index (χ4v) is 9.91. The number of thiophene rings is 1. The molecule has 2 atom stereocenters. The number of rotatable bonds is 6. The lowest BCUT2D eigenvalue weighted by Gasteiger charge is -2.34. The van der Waals surface area contributed by atoms with E-state index in [4.69, 9.17) is 4.74 Å². The summed E-state index contributed by atoms with van der Waals surface area (Å²) in [5.41, 5.74) is 11.9. The Labute approximate surface area is 324 Å². The van der Waals surface area contributed by atoms with E-state index in [1.54, 1.807) is 0 Å². The van der Waals surface area contributed by atoms with E-state index < -0.39 is 0 Å². The third-order valence-corrected chi connectivity index (χ3v) is 12.5. The Morgan fingerprint density at radius 3 is 2.09 bits per heavy atom. The predicted octanol–water partition coefficient (Wildman–Crippen LogP) is 14.3. The van der Waals surface area contributed by atoms with Gasteiger partial charge >= 0.3 is 0 Å². The average Bonchev–Trinajstić information content (AvgIpc) is 3.84. The lowest BCUT2D eigenvalue weighted by Crippen LogP contribution is -2.32. The van der Waals surface area contributed by atoms with Crippen LogP contribution >= 0.6 is 11.3 Å². The summed E-state index contributed by atoms with van der Waals surface area (Å²) >= 11 is 1.87. The lowest BCUT2D eigenvalue weighted by molar-refractivity contribution is 0.253. The van der Waals surface area contributed by atoms with Crippen molar-refractivity contribution in [1.29, 1.82) is 0 Å². The van der Waals surface area contributed by atoms with Crippen molar-refractivity contribution in [2.45, 2.75) is 12.0 Å². The van der Waals surface area contributed by atoms with Gasteiger partial charge in [-0.25, -0.2) is 0 Å². The minimum atomic E-state index is -0.160. The minimum absolute atomic E-state index is 0.132. The summed E-state index contributed by atoms with van der Waals surface area (Å²) < 4.78 is 9.41. The quantitative estimate of drug-likeness (QED) is 0.169. The van der Waals surface area contributed by atoms with Crippen molar-refractivity contribution in [2.75, 3.05) is 4.90 Å². The molecule has 0 N–H and O–H groups in total. The molecule has 260 valence electrons. The Balaban J connectivity index is 1.09. The van der Waals surface area contributed by atoms with E-state index in [9.17, 15) is 0 Å². The molecule has 8 aromatic carbocycles. The van der Waals surface area contributed by atoms with Crippen LogP contribution in [0.1, 0.15) is 11.5 Å². The largest absolute Gasteiger partial charge is 0.483 e. The van der Waals surface area contributed by atoms with Gasteiger partial charge < -0.3 is 9.64 Å².